The highest BCUT2D eigenvalue weighted by molar-refractivity contribution is 5.97. The summed E-state index contributed by atoms with van der Waals surface area (Å²) in [5, 5.41) is 2.62. The number of benzene rings is 2. The first-order chi connectivity index (χ1) is 12.4. The molecule has 0 saturated carbocycles. The molecule has 1 N–H and O–H groups in total. The fourth-order valence-corrected chi connectivity index (χ4v) is 2.26. The second kappa shape index (κ2) is 8.46. The highest BCUT2D eigenvalue weighted by atomic mass is 19.4. The summed E-state index contributed by atoms with van der Waals surface area (Å²) in [6, 6.07) is 9.43. The van der Waals surface area contributed by atoms with Crippen LogP contribution in [-0.2, 0) is 6.18 Å². The number of hydrogen-bond donors (Lipinski definition) is 1. The van der Waals surface area contributed by atoms with Crippen molar-refractivity contribution in [2.24, 2.45) is 0 Å². The SMILES string of the molecule is COc1cccc(C(=O)NCCOc2cccc(C(F)(F)F)c2)c1OC. The van der Waals surface area contributed by atoms with Gasteiger partial charge >= 0.3 is 6.18 Å². The topological polar surface area (TPSA) is 56.8 Å². The lowest BCUT2D eigenvalue weighted by Crippen LogP contribution is -2.28. The molecule has 0 saturated heterocycles. The zero-order valence-corrected chi connectivity index (χ0v) is 14.2. The van der Waals surface area contributed by atoms with Crippen molar-refractivity contribution >= 4 is 5.91 Å². The lowest BCUT2D eigenvalue weighted by Gasteiger charge is -2.13. The number of rotatable bonds is 7. The maximum Gasteiger partial charge on any atom is 0.416 e. The predicted octanol–water partition coefficient (Wildman–Crippen LogP) is 3.53. The number of carbonyl (C=O) groups is 1. The molecule has 2 aromatic carbocycles. The molecule has 0 aromatic heterocycles. The molecule has 0 bridgehead atoms. The number of carbonyl (C=O) groups excluding carboxylic acids is 1. The monoisotopic (exact) mass is 369 g/mol. The molecule has 0 atom stereocenters. The molecule has 8 heteroatoms. The van der Waals surface area contributed by atoms with Crippen LogP contribution in [0.4, 0.5) is 13.2 Å². The Morgan fingerprint density at radius 1 is 1.08 bits per heavy atom. The van der Waals surface area contributed by atoms with Gasteiger partial charge in [-0.05, 0) is 30.3 Å². The zero-order chi connectivity index (χ0) is 19.2. The van der Waals surface area contributed by atoms with E-state index in [1.807, 2.05) is 0 Å². The molecule has 2 rings (SSSR count). The van der Waals surface area contributed by atoms with Gasteiger partial charge in [0, 0.05) is 0 Å². The molecule has 0 fully saturated rings. The highest BCUT2D eigenvalue weighted by Crippen LogP contribution is 2.31. The fourth-order valence-electron chi connectivity index (χ4n) is 2.26. The lowest BCUT2D eigenvalue weighted by molar-refractivity contribution is -0.137. The molecular formula is C18H18F3NO4. The molecule has 0 spiro atoms. The van der Waals surface area contributed by atoms with Crippen molar-refractivity contribution in [1.82, 2.24) is 5.32 Å². The van der Waals surface area contributed by atoms with Gasteiger partial charge in [0.05, 0.1) is 31.9 Å². The molecule has 0 unspecified atom stereocenters. The first-order valence-corrected chi connectivity index (χ1v) is 7.66. The molecule has 1 amide bonds. The standard InChI is InChI=1S/C18H18F3NO4/c1-24-15-8-4-7-14(16(15)25-2)17(23)22-9-10-26-13-6-3-5-12(11-13)18(19,20)21/h3-8,11H,9-10H2,1-2H3,(H,22,23). The number of halogens is 3. The molecule has 0 aliphatic carbocycles. The van der Waals surface area contributed by atoms with Crippen LogP contribution in [-0.4, -0.2) is 33.3 Å². The molecule has 0 aliphatic heterocycles. The van der Waals surface area contributed by atoms with Gasteiger partial charge in [0.15, 0.2) is 11.5 Å². The maximum absolute atomic E-state index is 12.6. The van der Waals surface area contributed by atoms with Crippen LogP contribution in [0.5, 0.6) is 17.2 Å². The third-order valence-corrected chi connectivity index (χ3v) is 3.47. The number of alkyl halides is 3. The minimum Gasteiger partial charge on any atom is -0.493 e. The van der Waals surface area contributed by atoms with E-state index in [9.17, 15) is 18.0 Å². The third-order valence-electron chi connectivity index (χ3n) is 3.47. The molecular weight excluding hydrogens is 351 g/mol. The smallest absolute Gasteiger partial charge is 0.416 e. The largest absolute Gasteiger partial charge is 0.493 e. The van der Waals surface area contributed by atoms with E-state index in [0.29, 0.717) is 11.5 Å². The number of ether oxygens (including phenoxy) is 3. The summed E-state index contributed by atoms with van der Waals surface area (Å²) in [6.45, 7) is 0.120. The molecule has 26 heavy (non-hydrogen) atoms. The van der Waals surface area contributed by atoms with Gasteiger partial charge in [-0.15, -0.1) is 0 Å². The van der Waals surface area contributed by atoms with E-state index in [-0.39, 0.29) is 24.5 Å². The predicted molar refractivity (Wildman–Crippen MR) is 88.8 cm³/mol. The second-order valence-corrected chi connectivity index (χ2v) is 5.17. The second-order valence-electron chi connectivity index (χ2n) is 5.17. The van der Waals surface area contributed by atoms with E-state index in [4.69, 9.17) is 14.2 Å². The number of hydrogen-bond acceptors (Lipinski definition) is 4. The van der Waals surface area contributed by atoms with Crippen LogP contribution in [0, 0.1) is 0 Å². The van der Waals surface area contributed by atoms with Gasteiger partial charge in [-0.2, -0.15) is 13.2 Å². The van der Waals surface area contributed by atoms with Gasteiger partial charge < -0.3 is 19.5 Å². The van der Waals surface area contributed by atoms with Crippen LogP contribution in [0.2, 0.25) is 0 Å². The zero-order valence-electron chi connectivity index (χ0n) is 14.2. The first-order valence-electron chi connectivity index (χ1n) is 7.66. The van der Waals surface area contributed by atoms with Crippen molar-refractivity contribution in [3.8, 4) is 17.2 Å². The molecule has 0 aliphatic rings. The summed E-state index contributed by atoms with van der Waals surface area (Å²) in [6.07, 6.45) is -4.43. The van der Waals surface area contributed by atoms with Crippen molar-refractivity contribution in [1.29, 1.82) is 0 Å². The Kier molecular flexibility index (Phi) is 6.32. The number of amides is 1. The molecule has 2 aromatic rings. The molecule has 140 valence electrons. The van der Waals surface area contributed by atoms with E-state index >= 15 is 0 Å². The summed E-state index contributed by atoms with van der Waals surface area (Å²) in [4.78, 5) is 12.2. The van der Waals surface area contributed by atoms with E-state index in [0.717, 1.165) is 12.1 Å². The van der Waals surface area contributed by atoms with Crippen molar-refractivity contribution in [3.05, 3.63) is 53.6 Å². The average molecular weight is 369 g/mol. The maximum atomic E-state index is 12.6. The van der Waals surface area contributed by atoms with Crippen LogP contribution in [0.15, 0.2) is 42.5 Å². The summed E-state index contributed by atoms with van der Waals surface area (Å²) >= 11 is 0. The minimum atomic E-state index is -4.43. The highest BCUT2D eigenvalue weighted by Gasteiger charge is 2.30. The fraction of sp³-hybridized carbons (Fsp3) is 0.278. The van der Waals surface area contributed by atoms with Crippen LogP contribution >= 0.6 is 0 Å². The minimum absolute atomic E-state index is 0.0132. The summed E-state index contributed by atoms with van der Waals surface area (Å²) < 4.78 is 53.5. The Labute approximate surface area is 148 Å². The van der Waals surface area contributed by atoms with E-state index < -0.39 is 17.6 Å². The van der Waals surface area contributed by atoms with Gasteiger partial charge in [0.1, 0.15) is 12.4 Å². The number of para-hydroxylation sites is 1. The lowest BCUT2D eigenvalue weighted by atomic mass is 10.1. The Morgan fingerprint density at radius 3 is 2.46 bits per heavy atom. The van der Waals surface area contributed by atoms with Gasteiger partial charge in [-0.25, -0.2) is 0 Å². The number of methoxy groups -OCH3 is 2. The van der Waals surface area contributed by atoms with Gasteiger partial charge in [-0.3, -0.25) is 4.79 Å². The third kappa shape index (κ3) is 4.81. The first kappa shape index (κ1) is 19.4. The van der Waals surface area contributed by atoms with Crippen molar-refractivity contribution in [2.45, 2.75) is 6.18 Å². The average Bonchev–Trinajstić information content (AvgIpc) is 2.63. The Morgan fingerprint density at radius 2 is 1.81 bits per heavy atom. The summed E-state index contributed by atoms with van der Waals surface area (Å²) in [5.74, 6) is 0.382. The van der Waals surface area contributed by atoms with Gasteiger partial charge in [0.25, 0.3) is 5.91 Å². The molecule has 0 radical (unpaired) electrons. The van der Waals surface area contributed by atoms with Crippen LogP contribution in [0.25, 0.3) is 0 Å². The quantitative estimate of drug-likeness (QED) is 0.759. The van der Waals surface area contributed by atoms with E-state index in [1.165, 1.54) is 26.4 Å². The molecule has 0 heterocycles. The Hall–Kier alpha value is -2.90. The number of nitrogens with one attached hydrogen (secondary N) is 1. The Bertz CT molecular complexity index is 762. The van der Waals surface area contributed by atoms with Crippen LogP contribution in [0.3, 0.4) is 0 Å². The Balaban J connectivity index is 1.92. The summed E-state index contributed by atoms with van der Waals surface area (Å²) in [7, 11) is 2.88. The molecule has 5 nitrogen and oxygen atoms in total. The van der Waals surface area contributed by atoms with Crippen molar-refractivity contribution < 1.29 is 32.2 Å². The summed E-state index contributed by atoms with van der Waals surface area (Å²) in [5.41, 5.74) is -0.508. The van der Waals surface area contributed by atoms with E-state index in [2.05, 4.69) is 5.32 Å². The van der Waals surface area contributed by atoms with Gasteiger partial charge in [0.2, 0.25) is 0 Å². The van der Waals surface area contributed by atoms with E-state index in [1.54, 1.807) is 18.2 Å². The van der Waals surface area contributed by atoms with Crippen LogP contribution in [0.1, 0.15) is 15.9 Å². The van der Waals surface area contributed by atoms with Crippen molar-refractivity contribution in [3.63, 3.8) is 0 Å². The van der Waals surface area contributed by atoms with Gasteiger partial charge in [-0.1, -0.05) is 12.1 Å². The van der Waals surface area contributed by atoms with Crippen molar-refractivity contribution in [2.75, 3.05) is 27.4 Å². The normalized spacial score (nSPS) is 11.0. The van der Waals surface area contributed by atoms with Crippen LogP contribution < -0.4 is 19.5 Å².